The van der Waals surface area contributed by atoms with Crippen molar-refractivity contribution in [2.75, 3.05) is 7.11 Å². The van der Waals surface area contributed by atoms with Crippen LogP contribution in [0.2, 0.25) is 0 Å². The second-order valence-electron chi connectivity index (χ2n) is 4.48. The van der Waals surface area contributed by atoms with Gasteiger partial charge in [0.1, 0.15) is 11.9 Å². The SMILES string of the molecule is COc1ccc([C@@H]2C[C@@H]3O[C@@H]3[C@H](C)O2)cc1. The molecule has 0 N–H and O–H groups in total. The zero-order valence-electron chi connectivity index (χ0n) is 9.55. The highest BCUT2D eigenvalue weighted by molar-refractivity contribution is 5.29. The number of methoxy groups -OCH3 is 1. The number of epoxide rings is 1. The minimum atomic E-state index is 0.171. The first-order valence-corrected chi connectivity index (χ1v) is 5.73. The number of hydrogen-bond donors (Lipinski definition) is 0. The summed E-state index contributed by atoms with van der Waals surface area (Å²) in [5.41, 5.74) is 1.21. The van der Waals surface area contributed by atoms with Crippen LogP contribution in [0.25, 0.3) is 0 Å². The van der Waals surface area contributed by atoms with Gasteiger partial charge in [-0.25, -0.2) is 0 Å². The fourth-order valence-corrected chi connectivity index (χ4v) is 2.40. The van der Waals surface area contributed by atoms with Gasteiger partial charge in [0, 0.05) is 6.42 Å². The lowest BCUT2D eigenvalue weighted by Gasteiger charge is -2.25. The maximum Gasteiger partial charge on any atom is 0.118 e. The Hall–Kier alpha value is -1.06. The minimum absolute atomic E-state index is 0.171. The zero-order chi connectivity index (χ0) is 11.1. The van der Waals surface area contributed by atoms with Gasteiger partial charge in [-0.05, 0) is 24.6 Å². The van der Waals surface area contributed by atoms with Crippen molar-refractivity contribution in [3.05, 3.63) is 29.8 Å². The molecule has 0 bridgehead atoms. The molecule has 0 saturated carbocycles. The molecule has 2 fully saturated rings. The predicted octanol–water partition coefficient (Wildman–Crippen LogP) is 2.31. The van der Waals surface area contributed by atoms with E-state index in [9.17, 15) is 0 Å². The Morgan fingerprint density at radius 1 is 1.19 bits per heavy atom. The molecule has 86 valence electrons. The van der Waals surface area contributed by atoms with E-state index in [1.165, 1.54) is 5.56 Å². The fraction of sp³-hybridized carbons (Fsp3) is 0.538. The highest BCUT2D eigenvalue weighted by Crippen LogP contribution is 2.42. The molecule has 0 aliphatic carbocycles. The van der Waals surface area contributed by atoms with Gasteiger partial charge in [0.25, 0.3) is 0 Å². The first kappa shape index (κ1) is 10.1. The Morgan fingerprint density at radius 2 is 1.94 bits per heavy atom. The summed E-state index contributed by atoms with van der Waals surface area (Å²) in [7, 11) is 1.68. The van der Waals surface area contributed by atoms with Crippen LogP contribution >= 0.6 is 0 Å². The molecule has 2 saturated heterocycles. The van der Waals surface area contributed by atoms with Crippen LogP contribution in [0.4, 0.5) is 0 Å². The molecule has 4 atom stereocenters. The molecule has 16 heavy (non-hydrogen) atoms. The maximum absolute atomic E-state index is 5.93. The van der Waals surface area contributed by atoms with Crippen molar-refractivity contribution in [2.45, 2.75) is 37.8 Å². The quantitative estimate of drug-likeness (QED) is 0.717. The molecule has 0 aromatic heterocycles. The van der Waals surface area contributed by atoms with Crippen molar-refractivity contribution in [3.8, 4) is 5.75 Å². The average Bonchev–Trinajstić information content (AvgIpc) is 3.09. The molecule has 2 aliphatic heterocycles. The van der Waals surface area contributed by atoms with Gasteiger partial charge in [-0.15, -0.1) is 0 Å². The van der Waals surface area contributed by atoms with E-state index in [4.69, 9.17) is 14.2 Å². The van der Waals surface area contributed by atoms with Crippen LogP contribution in [0.1, 0.15) is 25.0 Å². The summed E-state index contributed by atoms with van der Waals surface area (Å²) in [4.78, 5) is 0. The van der Waals surface area contributed by atoms with Gasteiger partial charge in [-0.3, -0.25) is 0 Å². The van der Waals surface area contributed by atoms with Gasteiger partial charge in [0.2, 0.25) is 0 Å². The predicted molar refractivity (Wildman–Crippen MR) is 59.6 cm³/mol. The first-order chi connectivity index (χ1) is 7.78. The molecule has 0 amide bonds. The first-order valence-electron chi connectivity index (χ1n) is 5.73. The summed E-state index contributed by atoms with van der Waals surface area (Å²) >= 11 is 0. The van der Waals surface area contributed by atoms with E-state index in [-0.39, 0.29) is 12.2 Å². The molecule has 3 rings (SSSR count). The summed E-state index contributed by atoms with van der Waals surface area (Å²) in [5.74, 6) is 0.883. The van der Waals surface area contributed by atoms with E-state index in [0.29, 0.717) is 12.2 Å². The largest absolute Gasteiger partial charge is 0.497 e. The molecule has 0 radical (unpaired) electrons. The van der Waals surface area contributed by atoms with Crippen molar-refractivity contribution in [2.24, 2.45) is 0 Å². The molecule has 2 heterocycles. The molecule has 0 unspecified atom stereocenters. The third-order valence-corrected chi connectivity index (χ3v) is 3.40. The number of fused-ring (bicyclic) bond motifs is 1. The summed E-state index contributed by atoms with van der Waals surface area (Å²) in [6, 6.07) is 8.09. The molecule has 2 aliphatic rings. The van der Waals surface area contributed by atoms with Crippen LogP contribution in [0, 0.1) is 0 Å². The van der Waals surface area contributed by atoms with Crippen molar-refractivity contribution >= 4 is 0 Å². The topological polar surface area (TPSA) is 31.0 Å². The van der Waals surface area contributed by atoms with Crippen LogP contribution < -0.4 is 4.74 Å². The van der Waals surface area contributed by atoms with Crippen LogP contribution in [0.15, 0.2) is 24.3 Å². The van der Waals surface area contributed by atoms with E-state index in [1.807, 2.05) is 12.1 Å². The van der Waals surface area contributed by atoms with Gasteiger partial charge in [-0.1, -0.05) is 12.1 Å². The summed E-state index contributed by atoms with van der Waals surface area (Å²) < 4.78 is 16.6. The van der Waals surface area contributed by atoms with Gasteiger partial charge in [0.15, 0.2) is 0 Å². The van der Waals surface area contributed by atoms with Gasteiger partial charge >= 0.3 is 0 Å². The molecule has 0 spiro atoms. The van der Waals surface area contributed by atoms with Gasteiger partial charge in [-0.2, -0.15) is 0 Å². The molecular formula is C13H16O3. The van der Waals surface area contributed by atoms with Crippen molar-refractivity contribution < 1.29 is 14.2 Å². The summed E-state index contributed by atoms with van der Waals surface area (Å²) in [6.07, 6.45) is 2.11. The van der Waals surface area contributed by atoms with E-state index < -0.39 is 0 Å². The Morgan fingerprint density at radius 3 is 2.56 bits per heavy atom. The number of benzene rings is 1. The number of hydrogen-bond acceptors (Lipinski definition) is 3. The lowest BCUT2D eigenvalue weighted by Crippen LogP contribution is -2.27. The second kappa shape index (κ2) is 3.75. The standard InChI is InChI=1S/C13H16O3/c1-8-13-12(16-13)7-11(15-8)9-3-5-10(14-2)6-4-9/h3-6,8,11-13H,7H2,1-2H3/t8-,11-,12-,13+/m0/s1. The van der Waals surface area contributed by atoms with Crippen LogP contribution in [0.3, 0.4) is 0 Å². The molecule has 1 aromatic rings. The van der Waals surface area contributed by atoms with Crippen LogP contribution in [-0.4, -0.2) is 25.4 Å². The molecule has 3 nitrogen and oxygen atoms in total. The Labute approximate surface area is 95.3 Å². The Kier molecular flexibility index (Phi) is 2.37. The van der Waals surface area contributed by atoms with Gasteiger partial charge in [0.05, 0.1) is 25.4 Å². The third-order valence-electron chi connectivity index (χ3n) is 3.40. The summed E-state index contributed by atoms with van der Waals surface area (Å²) in [6.45, 7) is 2.08. The smallest absolute Gasteiger partial charge is 0.118 e. The monoisotopic (exact) mass is 220 g/mol. The van der Waals surface area contributed by atoms with Crippen molar-refractivity contribution in [3.63, 3.8) is 0 Å². The zero-order valence-corrected chi connectivity index (χ0v) is 9.55. The maximum atomic E-state index is 5.93. The summed E-state index contributed by atoms with van der Waals surface area (Å²) in [5, 5.41) is 0. The number of rotatable bonds is 2. The van der Waals surface area contributed by atoms with Gasteiger partial charge < -0.3 is 14.2 Å². The molecular weight excluding hydrogens is 204 g/mol. The Balaban J connectivity index is 1.75. The highest BCUT2D eigenvalue weighted by atomic mass is 16.6. The Bertz CT molecular complexity index is 373. The highest BCUT2D eigenvalue weighted by Gasteiger charge is 2.49. The second-order valence-corrected chi connectivity index (χ2v) is 4.48. The molecule has 3 heteroatoms. The minimum Gasteiger partial charge on any atom is -0.497 e. The third kappa shape index (κ3) is 1.70. The average molecular weight is 220 g/mol. The van der Waals surface area contributed by atoms with E-state index in [0.717, 1.165) is 12.2 Å². The fourth-order valence-electron chi connectivity index (χ4n) is 2.40. The van der Waals surface area contributed by atoms with E-state index in [1.54, 1.807) is 7.11 Å². The normalized spacial score (nSPS) is 36.6. The van der Waals surface area contributed by atoms with Crippen molar-refractivity contribution in [1.29, 1.82) is 0 Å². The number of ether oxygens (including phenoxy) is 3. The van der Waals surface area contributed by atoms with E-state index >= 15 is 0 Å². The van der Waals surface area contributed by atoms with Crippen LogP contribution in [-0.2, 0) is 9.47 Å². The van der Waals surface area contributed by atoms with E-state index in [2.05, 4.69) is 19.1 Å². The lowest BCUT2D eigenvalue weighted by molar-refractivity contribution is -0.0290. The van der Waals surface area contributed by atoms with Crippen molar-refractivity contribution in [1.82, 2.24) is 0 Å². The lowest BCUT2D eigenvalue weighted by atomic mass is 9.99. The molecule has 1 aromatic carbocycles. The van der Waals surface area contributed by atoms with Crippen LogP contribution in [0.5, 0.6) is 5.75 Å².